The molecule has 1 saturated carbocycles. The van der Waals surface area contributed by atoms with E-state index in [1.165, 1.54) is 19.3 Å². The summed E-state index contributed by atoms with van der Waals surface area (Å²) in [5.41, 5.74) is -0.610. The Bertz CT molecular complexity index is 605. The molecule has 0 unspecified atom stereocenters. The highest BCUT2D eigenvalue weighted by Crippen LogP contribution is 2.29. The van der Waals surface area contributed by atoms with Crippen LogP contribution in [0, 0.1) is 5.92 Å². The van der Waals surface area contributed by atoms with Crippen molar-refractivity contribution < 1.29 is 19.7 Å². The lowest BCUT2D eigenvalue weighted by Crippen LogP contribution is -2.50. The number of aromatic nitrogens is 2. The topological polar surface area (TPSA) is 96.6 Å². The number of carbonyl (C=O) groups is 1. The number of hydrogen-bond acceptors (Lipinski definition) is 5. The maximum Gasteiger partial charge on any atom is 0.407 e. The summed E-state index contributed by atoms with van der Waals surface area (Å²) in [6, 6.07) is -0.533. The second kappa shape index (κ2) is 10.3. The van der Waals surface area contributed by atoms with Gasteiger partial charge in [-0.1, -0.05) is 32.1 Å². The fraction of sp³-hybridized carbons (Fsp3) is 0.810. The molecular formula is C21H37N3O4. The summed E-state index contributed by atoms with van der Waals surface area (Å²) in [4.78, 5) is 16.5. The molecule has 0 bridgehead atoms. The van der Waals surface area contributed by atoms with Gasteiger partial charge in [-0.2, -0.15) is 0 Å². The Morgan fingerprint density at radius 3 is 2.57 bits per heavy atom. The van der Waals surface area contributed by atoms with Crippen LogP contribution >= 0.6 is 0 Å². The quantitative estimate of drug-likeness (QED) is 0.629. The Labute approximate surface area is 168 Å². The molecule has 0 radical (unpaired) electrons. The highest BCUT2D eigenvalue weighted by molar-refractivity contribution is 5.68. The van der Waals surface area contributed by atoms with E-state index in [1.54, 1.807) is 27.0 Å². The average Bonchev–Trinajstić information content (AvgIpc) is 3.02. The summed E-state index contributed by atoms with van der Waals surface area (Å²) in [5.74, 6) is 1.31. The van der Waals surface area contributed by atoms with E-state index in [0.29, 0.717) is 25.2 Å². The SMILES string of the molecule is Cn1ccnc1CC[C@H](O)[C@H](O)[C@H](CC1CCCCC1)NC(=O)OC(C)(C)C. The van der Waals surface area contributed by atoms with Crippen LogP contribution in [0.2, 0.25) is 0 Å². The van der Waals surface area contributed by atoms with Gasteiger partial charge in [-0.25, -0.2) is 9.78 Å². The lowest BCUT2D eigenvalue weighted by Gasteiger charge is -2.32. The Hall–Kier alpha value is -1.60. The van der Waals surface area contributed by atoms with Gasteiger partial charge in [0, 0.05) is 25.9 Å². The Kier molecular flexibility index (Phi) is 8.31. The van der Waals surface area contributed by atoms with E-state index in [2.05, 4.69) is 10.3 Å². The Morgan fingerprint density at radius 1 is 1.32 bits per heavy atom. The van der Waals surface area contributed by atoms with Gasteiger partial charge in [-0.05, 0) is 39.5 Å². The van der Waals surface area contributed by atoms with Crippen LogP contribution in [-0.2, 0) is 18.2 Å². The molecule has 1 aromatic heterocycles. The molecule has 7 nitrogen and oxygen atoms in total. The van der Waals surface area contributed by atoms with Crippen molar-refractivity contribution in [2.24, 2.45) is 13.0 Å². The third kappa shape index (κ3) is 7.43. The number of nitrogens with one attached hydrogen (secondary N) is 1. The van der Waals surface area contributed by atoms with Crippen molar-refractivity contribution in [1.29, 1.82) is 0 Å². The van der Waals surface area contributed by atoms with Crippen LogP contribution in [0.5, 0.6) is 0 Å². The predicted molar refractivity (Wildman–Crippen MR) is 108 cm³/mol. The van der Waals surface area contributed by atoms with E-state index in [0.717, 1.165) is 18.7 Å². The van der Waals surface area contributed by atoms with Crippen molar-refractivity contribution in [1.82, 2.24) is 14.9 Å². The summed E-state index contributed by atoms with van der Waals surface area (Å²) >= 11 is 0. The molecule has 0 saturated heterocycles. The normalized spacial score (nSPS) is 19.1. The first kappa shape index (κ1) is 22.7. The number of carbonyl (C=O) groups excluding carboxylic acids is 1. The summed E-state index contributed by atoms with van der Waals surface area (Å²) in [7, 11) is 1.90. The molecule has 1 aliphatic rings. The number of aliphatic hydroxyl groups excluding tert-OH is 2. The second-order valence-electron chi connectivity index (χ2n) is 9.04. The number of imidazole rings is 1. The standard InChI is InChI=1S/C21H37N3O4/c1-21(2,3)28-20(27)23-16(14-15-8-6-5-7-9-15)19(26)17(25)10-11-18-22-12-13-24(18)4/h12-13,15-17,19,25-26H,5-11,14H2,1-4H3,(H,23,27)/t16-,17-,19+/m0/s1. The van der Waals surface area contributed by atoms with Gasteiger partial charge >= 0.3 is 6.09 Å². The molecule has 0 aliphatic heterocycles. The minimum absolute atomic E-state index is 0.378. The summed E-state index contributed by atoms with van der Waals surface area (Å²) < 4.78 is 7.27. The van der Waals surface area contributed by atoms with Crippen LogP contribution in [0.25, 0.3) is 0 Å². The molecule has 0 spiro atoms. The van der Waals surface area contributed by atoms with Gasteiger partial charge in [0.1, 0.15) is 17.5 Å². The van der Waals surface area contributed by atoms with Crippen molar-refractivity contribution >= 4 is 6.09 Å². The summed E-state index contributed by atoms with van der Waals surface area (Å²) in [6.45, 7) is 5.42. The van der Waals surface area contributed by atoms with E-state index in [1.807, 2.05) is 17.8 Å². The van der Waals surface area contributed by atoms with E-state index in [-0.39, 0.29) is 0 Å². The number of nitrogens with zero attached hydrogens (tertiary/aromatic N) is 2. The first-order chi connectivity index (χ1) is 13.2. The molecule has 2 rings (SSSR count). The molecule has 3 N–H and O–H groups in total. The van der Waals surface area contributed by atoms with Crippen LogP contribution < -0.4 is 5.32 Å². The number of alkyl carbamates (subject to hydrolysis) is 1. The molecule has 28 heavy (non-hydrogen) atoms. The van der Waals surface area contributed by atoms with Crippen molar-refractivity contribution in [2.75, 3.05) is 0 Å². The third-order valence-electron chi connectivity index (χ3n) is 5.41. The number of rotatable bonds is 8. The minimum atomic E-state index is -1.05. The summed E-state index contributed by atoms with van der Waals surface area (Å²) in [5, 5.41) is 24.2. The van der Waals surface area contributed by atoms with Crippen LogP contribution in [0.15, 0.2) is 12.4 Å². The zero-order valence-corrected chi connectivity index (χ0v) is 17.7. The maximum atomic E-state index is 12.3. The molecule has 1 aliphatic carbocycles. The van der Waals surface area contributed by atoms with Crippen molar-refractivity contribution in [3.8, 4) is 0 Å². The van der Waals surface area contributed by atoms with Gasteiger partial charge in [0.25, 0.3) is 0 Å². The zero-order chi connectivity index (χ0) is 20.7. The minimum Gasteiger partial charge on any atom is -0.444 e. The average molecular weight is 396 g/mol. The molecule has 1 heterocycles. The highest BCUT2D eigenvalue weighted by atomic mass is 16.6. The number of aliphatic hydroxyl groups is 2. The molecule has 1 amide bonds. The van der Waals surface area contributed by atoms with E-state index >= 15 is 0 Å². The van der Waals surface area contributed by atoms with Gasteiger partial charge < -0.3 is 24.8 Å². The number of ether oxygens (including phenoxy) is 1. The molecule has 0 aromatic carbocycles. The number of hydrogen-bond donors (Lipinski definition) is 3. The zero-order valence-electron chi connectivity index (χ0n) is 17.7. The first-order valence-corrected chi connectivity index (χ1v) is 10.5. The first-order valence-electron chi connectivity index (χ1n) is 10.5. The number of aryl methyl sites for hydroxylation is 2. The van der Waals surface area contributed by atoms with Crippen LogP contribution in [0.4, 0.5) is 4.79 Å². The van der Waals surface area contributed by atoms with Crippen LogP contribution in [0.1, 0.15) is 71.5 Å². The lowest BCUT2D eigenvalue weighted by atomic mass is 9.83. The van der Waals surface area contributed by atoms with Gasteiger partial charge in [-0.3, -0.25) is 0 Å². The Balaban J connectivity index is 1.98. The third-order valence-corrected chi connectivity index (χ3v) is 5.41. The Morgan fingerprint density at radius 2 is 2.00 bits per heavy atom. The van der Waals surface area contributed by atoms with Gasteiger partial charge in [0.2, 0.25) is 0 Å². The fourth-order valence-corrected chi connectivity index (χ4v) is 3.88. The van der Waals surface area contributed by atoms with Gasteiger partial charge in [0.05, 0.1) is 12.1 Å². The largest absolute Gasteiger partial charge is 0.444 e. The molecule has 1 aromatic rings. The molecule has 1 fully saturated rings. The van der Waals surface area contributed by atoms with Crippen LogP contribution in [-0.4, -0.2) is 49.7 Å². The van der Waals surface area contributed by atoms with E-state index in [9.17, 15) is 15.0 Å². The molecule has 160 valence electrons. The smallest absolute Gasteiger partial charge is 0.407 e. The second-order valence-corrected chi connectivity index (χ2v) is 9.04. The van der Waals surface area contributed by atoms with Crippen molar-refractivity contribution in [3.63, 3.8) is 0 Å². The van der Waals surface area contributed by atoms with Gasteiger partial charge in [-0.15, -0.1) is 0 Å². The molecular weight excluding hydrogens is 358 g/mol. The van der Waals surface area contributed by atoms with Gasteiger partial charge in [0.15, 0.2) is 0 Å². The monoisotopic (exact) mass is 395 g/mol. The summed E-state index contributed by atoms with van der Waals surface area (Å²) in [6.07, 6.45) is 8.43. The fourth-order valence-electron chi connectivity index (χ4n) is 3.88. The van der Waals surface area contributed by atoms with E-state index < -0.39 is 29.9 Å². The molecule has 7 heteroatoms. The predicted octanol–water partition coefficient (Wildman–Crippen LogP) is 2.94. The van der Waals surface area contributed by atoms with E-state index in [4.69, 9.17) is 4.74 Å². The van der Waals surface area contributed by atoms with Crippen LogP contribution in [0.3, 0.4) is 0 Å². The number of amides is 1. The van der Waals surface area contributed by atoms with Crippen molar-refractivity contribution in [2.45, 2.75) is 96.0 Å². The highest BCUT2D eigenvalue weighted by Gasteiger charge is 2.32. The molecule has 3 atom stereocenters. The maximum absolute atomic E-state index is 12.3. The lowest BCUT2D eigenvalue weighted by molar-refractivity contribution is -0.0184. The van der Waals surface area contributed by atoms with Crippen molar-refractivity contribution in [3.05, 3.63) is 18.2 Å².